The van der Waals surface area contributed by atoms with Gasteiger partial charge in [-0.15, -0.1) is 0 Å². The Morgan fingerprint density at radius 2 is 1.76 bits per heavy atom. The van der Waals surface area contributed by atoms with Gasteiger partial charge in [0.1, 0.15) is 0 Å². The van der Waals surface area contributed by atoms with E-state index in [1.165, 1.54) is 16.7 Å². The normalized spacial score (nSPS) is 14.9. The topological polar surface area (TPSA) is 58.4 Å². The molecule has 33 heavy (non-hydrogen) atoms. The van der Waals surface area contributed by atoms with E-state index in [0.717, 1.165) is 53.9 Å². The predicted octanol–water partition coefficient (Wildman–Crippen LogP) is 7.24. The van der Waals surface area contributed by atoms with Gasteiger partial charge >= 0.3 is 6.03 Å². The van der Waals surface area contributed by atoms with Crippen LogP contribution in [-0.2, 0) is 19.3 Å². The summed E-state index contributed by atoms with van der Waals surface area (Å²) in [6, 6.07) is 20.8. The van der Waals surface area contributed by atoms with Crippen molar-refractivity contribution in [2.45, 2.75) is 65.3 Å². The number of carbonyl (C=O) groups is 1. The summed E-state index contributed by atoms with van der Waals surface area (Å²) >= 11 is 0. The first-order chi connectivity index (χ1) is 15.9. The zero-order valence-corrected chi connectivity index (χ0v) is 20.2. The van der Waals surface area contributed by atoms with Gasteiger partial charge in [-0.1, -0.05) is 70.2 Å². The van der Waals surface area contributed by atoms with E-state index in [0.29, 0.717) is 5.92 Å². The van der Waals surface area contributed by atoms with Gasteiger partial charge in [-0.25, -0.2) is 4.79 Å². The molecule has 1 aliphatic rings. The molecule has 3 N–H and O–H groups in total. The van der Waals surface area contributed by atoms with Crippen LogP contribution in [0.3, 0.4) is 0 Å². The summed E-state index contributed by atoms with van der Waals surface area (Å²) in [5.41, 5.74) is 14.7. The number of fused-ring (bicyclic) bond motifs is 1. The second kappa shape index (κ2) is 9.70. The van der Waals surface area contributed by atoms with Crippen molar-refractivity contribution in [3.05, 3.63) is 88.5 Å². The fraction of sp³-hybridized carbons (Fsp3) is 0.345. The number of nitrogens with zero attached hydrogens (tertiary/aromatic N) is 1. The number of carbonyl (C=O) groups excluding carboxylic acids is 1. The van der Waals surface area contributed by atoms with Gasteiger partial charge in [0.2, 0.25) is 0 Å². The van der Waals surface area contributed by atoms with Crippen LogP contribution in [0.15, 0.2) is 60.7 Å². The molecule has 2 amide bonds. The number of benzene rings is 3. The highest BCUT2D eigenvalue weighted by molar-refractivity contribution is 6.03. The minimum atomic E-state index is -0.107. The first kappa shape index (κ1) is 22.9. The Morgan fingerprint density at radius 1 is 1.03 bits per heavy atom. The number of nitrogens with two attached hydrogens (primary N) is 1. The molecule has 0 aromatic heterocycles. The average molecular weight is 442 g/mol. The van der Waals surface area contributed by atoms with Crippen LogP contribution < -0.4 is 16.0 Å². The van der Waals surface area contributed by atoms with Crippen molar-refractivity contribution >= 4 is 23.1 Å². The minimum absolute atomic E-state index is 0.00214. The first-order valence-electron chi connectivity index (χ1n) is 12.1. The fourth-order valence-corrected chi connectivity index (χ4v) is 4.97. The second-order valence-corrected chi connectivity index (χ2v) is 9.17. The summed E-state index contributed by atoms with van der Waals surface area (Å²) < 4.78 is 0. The van der Waals surface area contributed by atoms with Crippen molar-refractivity contribution in [1.82, 2.24) is 0 Å². The van der Waals surface area contributed by atoms with Crippen molar-refractivity contribution < 1.29 is 4.79 Å². The number of anilines is 3. The number of hydrogen-bond acceptors (Lipinski definition) is 2. The molecule has 0 saturated carbocycles. The van der Waals surface area contributed by atoms with Gasteiger partial charge in [0.25, 0.3) is 0 Å². The fourth-order valence-electron chi connectivity index (χ4n) is 4.97. The molecule has 4 rings (SSSR count). The molecule has 0 bridgehead atoms. The van der Waals surface area contributed by atoms with Gasteiger partial charge in [0.05, 0.1) is 11.7 Å². The van der Waals surface area contributed by atoms with E-state index in [1.54, 1.807) is 0 Å². The molecule has 4 heteroatoms. The maximum Gasteiger partial charge on any atom is 0.326 e. The van der Waals surface area contributed by atoms with E-state index in [9.17, 15) is 4.79 Å². The molecule has 0 spiro atoms. The Balaban J connectivity index is 1.76. The molecule has 0 radical (unpaired) electrons. The van der Waals surface area contributed by atoms with Crippen molar-refractivity contribution in [2.24, 2.45) is 0 Å². The number of hydrogen-bond donors (Lipinski definition) is 2. The van der Waals surface area contributed by atoms with Crippen LogP contribution in [0.25, 0.3) is 0 Å². The van der Waals surface area contributed by atoms with E-state index < -0.39 is 0 Å². The van der Waals surface area contributed by atoms with Crippen LogP contribution in [0.2, 0.25) is 0 Å². The van der Waals surface area contributed by atoms with Crippen LogP contribution in [0, 0.1) is 0 Å². The molecule has 172 valence electrons. The van der Waals surface area contributed by atoms with Gasteiger partial charge in [-0.2, -0.15) is 0 Å². The van der Waals surface area contributed by atoms with Gasteiger partial charge in [-0.05, 0) is 77.6 Å². The molecular formula is C29H35N3O. The lowest BCUT2D eigenvalue weighted by molar-refractivity contribution is 0.254. The van der Waals surface area contributed by atoms with Gasteiger partial charge in [-0.3, -0.25) is 4.90 Å². The highest BCUT2D eigenvalue weighted by atomic mass is 16.2. The van der Waals surface area contributed by atoms with E-state index in [-0.39, 0.29) is 12.1 Å². The Labute approximate surface area is 197 Å². The summed E-state index contributed by atoms with van der Waals surface area (Å²) in [5, 5.41) is 3.27. The van der Waals surface area contributed by atoms with Crippen LogP contribution in [0.5, 0.6) is 0 Å². The van der Waals surface area contributed by atoms with Crippen molar-refractivity contribution in [3.8, 4) is 0 Å². The lowest BCUT2D eigenvalue weighted by atomic mass is 10.0. The molecule has 0 heterocycles. The Hall–Kier alpha value is -3.27. The quantitative estimate of drug-likeness (QED) is 0.396. The lowest BCUT2D eigenvalue weighted by Crippen LogP contribution is -2.38. The highest BCUT2D eigenvalue weighted by Crippen LogP contribution is 2.39. The van der Waals surface area contributed by atoms with Crippen molar-refractivity contribution in [2.75, 3.05) is 16.0 Å². The number of aryl methyl sites for hydroxylation is 2. The van der Waals surface area contributed by atoms with Crippen molar-refractivity contribution in [1.29, 1.82) is 0 Å². The molecule has 0 fully saturated rings. The molecule has 4 nitrogen and oxygen atoms in total. The standard InChI is InChI=1S/C29H35N3O/c1-5-20-13-17-26(30)24(6-2)28(20)31-29(33)32(23-15-11-21(12-16-23)19(3)4)27-18-14-22-9-7-8-10-25(22)27/h7-13,15-17,19,27H,5-6,14,18,30H2,1-4H3,(H,31,33). The molecule has 0 saturated heterocycles. The Morgan fingerprint density at radius 3 is 2.42 bits per heavy atom. The van der Waals surface area contributed by atoms with Gasteiger partial charge in [0, 0.05) is 11.4 Å². The summed E-state index contributed by atoms with van der Waals surface area (Å²) in [4.78, 5) is 15.9. The van der Waals surface area contributed by atoms with Crippen LogP contribution in [-0.4, -0.2) is 6.03 Å². The number of nitrogen functional groups attached to an aromatic ring is 1. The van der Waals surface area contributed by atoms with Crippen LogP contribution in [0.1, 0.15) is 73.9 Å². The maximum absolute atomic E-state index is 14.0. The maximum atomic E-state index is 14.0. The van der Waals surface area contributed by atoms with E-state index in [2.05, 4.69) is 81.5 Å². The van der Waals surface area contributed by atoms with Crippen LogP contribution >= 0.6 is 0 Å². The third-order valence-corrected chi connectivity index (χ3v) is 6.87. The number of nitrogens with one attached hydrogen (secondary N) is 1. The Kier molecular flexibility index (Phi) is 6.73. The number of amides is 2. The number of rotatable bonds is 6. The Bertz CT molecular complexity index is 1130. The summed E-state index contributed by atoms with van der Waals surface area (Å²) in [6.45, 7) is 8.56. The molecule has 3 aromatic carbocycles. The average Bonchev–Trinajstić information content (AvgIpc) is 3.24. The zero-order chi connectivity index (χ0) is 23.5. The number of urea groups is 1. The third-order valence-electron chi connectivity index (χ3n) is 6.87. The molecule has 0 aliphatic heterocycles. The SMILES string of the molecule is CCc1ccc(N)c(CC)c1NC(=O)N(c1ccc(C(C)C)cc1)C1CCc2ccccc21. The summed E-state index contributed by atoms with van der Waals surface area (Å²) in [5.74, 6) is 0.444. The molecule has 1 atom stereocenters. The second-order valence-electron chi connectivity index (χ2n) is 9.17. The molecule has 1 unspecified atom stereocenters. The molecule has 3 aromatic rings. The summed E-state index contributed by atoms with van der Waals surface area (Å²) in [7, 11) is 0. The van der Waals surface area contributed by atoms with Gasteiger partial charge < -0.3 is 11.1 Å². The van der Waals surface area contributed by atoms with Crippen LogP contribution in [0.4, 0.5) is 21.9 Å². The largest absolute Gasteiger partial charge is 0.398 e. The predicted molar refractivity (Wildman–Crippen MR) is 139 cm³/mol. The third kappa shape index (κ3) is 4.47. The van der Waals surface area contributed by atoms with Crippen molar-refractivity contribution in [3.63, 3.8) is 0 Å². The highest BCUT2D eigenvalue weighted by Gasteiger charge is 2.32. The first-order valence-corrected chi connectivity index (χ1v) is 12.1. The smallest absolute Gasteiger partial charge is 0.326 e. The van der Waals surface area contributed by atoms with E-state index in [1.807, 2.05) is 17.0 Å². The monoisotopic (exact) mass is 441 g/mol. The lowest BCUT2D eigenvalue weighted by Gasteiger charge is -2.31. The summed E-state index contributed by atoms with van der Waals surface area (Å²) in [6.07, 6.45) is 3.49. The van der Waals surface area contributed by atoms with E-state index >= 15 is 0 Å². The molecule has 1 aliphatic carbocycles. The molecular weight excluding hydrogens is 406 g/mol. The minimum Gasteiger partial charge on any atom is -0.398 e. The zero-order valence-electron chi connectivity index (χ0n) is 20.2. The van der Waals surface area contributed by atoms with E-state index in [4.69, 9.17) is 5.73 Å². The van der Waals surface area contributed by atoms with Gasteiger partial charge in [0.15, 0.2) is 0 Å².